The smallest absolute Gasteiger partial charge is 0.224 e. The standard InChI is InChI=1S/C20H23N7O2S/c1-10-7-23-15(11(2)19(10)29-4)8-27-24-14-5-12(6-16(28)22-3)13-9-30-26-20(21)18(25-27)17(13)14/h5,7H,6,8-9H2,1-4H3,(H2,21,26)(H,22,28). The van der Waals surface area contributed by atoms with Gasteiger partial charge in [0, 0.05) is 35.7 Å². The summed E-state index contributed by atoms with van der Waals surface area (Å²) < 4.78 is 9.86. The number of likely N-dealkylation sites (N-methyl/N-ethyl adjacent to an activating group) is 1. The third kappa shape index (κ3) is 3.47. The quantitative estimate of drug-likeness (QED) is 0.596. The van der Waals surface area contributed by atoms with E-state index in [1.807, 2.05) is 19.9 Å². The van der Waals surface area contributed by atoms with Gasteiger partial charge in [-0.25, -0.2) is 0 Å². The molecule has 156 valence electrons. The van der Waals surface area contributed by atoms with Crippen LogP contribution in [0.1, 0.15) is 33.6 Å². The second kappa shape index (κ2) is 7.94. The van der Waals surface area contributed by atoms with E-state index in [0.717, 1.165) is 45.0 Å². The highest BCUT2D eigenvalue weighted by Gasteiger charge is 2.27. The Kier molecular flexibility index (Phi) is 5.33. The van der Waals surface area contributed by atoms with Gasteiger partial charge in [-0.3, -0.25) is 9.78 Å². The zero-order chi connectivity index (χ0) is 21.4. The number of pyridine rings is 1. The maximum atomic E-state index is 12.0. The number of amides is 1. The molecule has 1 aromatic rings. The molecule has 3 N–H and O–H groups in total. The van der Waals surface area contributed by atoms with Crippen LogP contribution >= 0.6 is 11.9 Å². The van der Waals surface area contributed by atoms with Gasteiger partial charge in [0.2, 0.25) is 5.91 Å². The molecule has 0 saturated heterocycles. The number of nitrogens with two attached hydrogens (primary N) is 1. The Morgan fingerprint density at radius 1 is 1.37 bits per heavy atom. The molecular weight excluding hydrogens is 402 g/mol. The van der Waals surface area contributed by atoms with Crippen molar-refractivity contribution in [2.24, 2.45) is 10.1 Å². The topological polar surface area (TPSA) is 120 Å². The van der Waals surface area contributed by atoms with Crippen LogP contribution in [0.2, 0.25) is 0 Å². The number of nitrogens with one attached hydrogen (secondary N) is 1. The number of aryl methyl sites for hydroxylation is 1. The fourth-order valence-electron chi connectivity index (χ4n) is 3.70. The molecule has 2 aliphatic heterocycles. The van der Waals surface area contributed by atoms with Crippen molar-refractivity contribution in [3.8, 4) is 17.0 Å². The lowest BCUT2D eigenvalue weighted by Crippen LogP contribution is -2.22. The summed E-state index contributed by atoms with van der Waals surface area (Å²) in [5, 5.41) is 12.0. The molecule has 9 nitrogen and oxygen atoms in total. The summed E-state index contributed by atoms with van der Waals surface area (Å²) in [6.07, 6.45) is 2.06. The van der Waals surface area contributed by atoms with E-state index in [2.05, 4.69) is 19.8 Å². The minimum absolute atomic E-state index is 0.0568. The van der Waals surface area contributed by atoms with Gasteiger partial charge in [-0.2, -0.15) is 19.4 Å². The van der Waals surface area contributed by atoms with Crippen molar-refractivity contribution >= 4 is 23.7 Å². The zero-order valence-electron chi connectivity index (χ0n) is 17.3. The van der Waals surface area contributed by atoms with Crippen molar-refractivity contribution in [2.45, 2.75) is 32.6 Å². The molecule has 1 aromatic heterocycles. The van der Waals surface area contributed by atoms with Crippen molar-refractivity contribution < 1.29 is 9.53 Å². The number of carbonyl (C=O) groups is 1. The third-order valence-electron chi connectivity index (χ3n) is 5.22. The first-order valence-corrected chi connectivity index (χ1v) is 10.4. The molecule has 0 saturated carbocycles. The average molecular weight is 426 g/mol. The van der Waals surface area contributed by atoms with Gasteiger partial charge in [0.1, 0.15) is 18.0 Å². The van der Waals surface area contributed by atoms with Crippen LogP contribution < -0.4 is 15.8 Å². The normalized spacial score (nSPS) is 13.1. The summed E-state index contributed by atoms with van der Waals surface area (Å²) >= 11 is 1.35. The second-order valence-corrected chi connectivity index (χ2v) is 7.86. The molecule has 3 heterocycles. The van der Waals surface area contributed by atoms with Crippen molar-refractivity contribution in [3.05, 3.63) is 45.9 Å². The van der Waals surface area contributed by atoms with Crippen molar-refractivity contribution in [2.75, 3.05) is 14.2 Å². The summed E-state index contributed by atoms with van der Waals surface area (Å²) in [5.41, 5.74) is 13.1. The fourth-order valence-corrected chi connectivity index (χ4v) is 4.45. The number of amidine groups is 1. The molecule has 0 radical (unpaired) electrons. The highest BCUT2D eigenvalue weighted by Crippen LogP contribution is 2.37. The Bertz CT molecular complexity index is 1140. The SMILES string of the molecule is CNC(=O)Cc1cc2nn(Cc3ncc(C)c(OC)c3C)nc3c-2c1CSN=C3N. The lowest BCUT2D eigenvalue weighted by atomic mass is 10.1. The van der Waals surface area contributed by atoms with E-state index in [9.17, 15) is 4.79 Å². The second-order valence-electron chi connectivity index (χ2n) is 7.13. The van der Waals surface area contributed by atoms with E-state index in [0.29, 0.717) is 23.8 Å². The highest BCUT2D eigenvalue weighted by atomic mass is 32.2. The summed E-state index contributed by atoms with van der Waals surface area (Å²) in [6.45, 7) is 4.29. The lowest BCUT2D eigenvalue weighted by molar-refractivity contribution is -0.119. The molecule has 30 heavy (non-hydrogen) atoms. The summed E-state index contributed by atoms with van der Waals surface area (Å²) in [5.74, 6) is 1.72. The van der Waals surface area contributed by atoms with Crippen LogP contribution in [0.15, 0.2) is 16.7 Å². The first kappa shape index (κ1) is 20.1. The number of methoxy groups -OCH3 is 1. The molecule has 0 fully saturated rings. The monoisotopic (exact) mass is 425 g/mol. The molecule has 0 bridgehead atoms. The Labute approximate surface area is 178 Å². The van der Waals surface area contributed by atoms with Gasteiger partial charge in [-0.1, -0.05) is 0 Å². The van der Waals surface area contributed by atoms with Crippen LogP contribution in [0, 0.1) is 13.8 Å². The van der Waals surface area contributed by atoms with E-state index in [1.165, 1.54) is 11.9 Å². The van der Waals surface area contributed by atoms with Crippen molar-refractivity contribution in [1.29, 1.82) is 0 Å². The van der Waals surface area contributed by atoms with Crippen LogP contribution in [0.25, 0.3) is 11.3 Å². The summed E-state index contributed by atoms with van der Waals surface area (Å²) in [7, 11) is 3.28. The van der Waals surface area contributed by atoms with Crippen LogP contribution in [0.5, 0.6) is 5.75 Å². The van der Waals surface area contributed by atoms with E-state index >= 15 is 0 Å². The Morgan fingerprint density at radius 2 is 2.17 bits per heavy atom. The van der Waals surface area contributed by atoms with E-state index in [4.69, 9.17) is 15.6 Å². The average Bonchev–Trinajstić information content (AvgIpc) is 2.96. The van der Waals surface area contributed by atoms with Gasteiger partial charge in [0.15, 0.2) is 5.84 Å². The van der Waals surface area contributed by atoms with Gasteiger partial charge in [-0.05, 0) is 43.0 Å². The zero-order valence-corrected chi connectivity index (χ0v) is 18.1. The molecule has 0 unspecified atom stereocenters. The Hall–Kier alpha value is -3.14. The predicted molar refractivity (Wildman–Crippen MR) is 116 cm³/mol. The van der Waals surface area contributed by atoms with Crippen LogP contribution in [-0.2, 0) is 23.5 Å². The third-order valence-corrected chi connectivity index (χ3v) is 5.96. The maximum absolute atomic E-state index is 12.0. The lowest BCUT2D eigenvalue weighted by Gasteiger charge is -2.14. The Balaban J connectivity index is 1.82. The number of hydrogen-bond donors (Lipinski definition) is 2. The molecule has 0 aromatic carbocycles. The first-order chi connectivity index (χ1) is 14.4. The molecule has 10 heteroatoms. The number of hydrogen-bond acceptors (Lipinski definition) is 8. The molecule has 1 aliphatic carbocycles. The minimum atomic E-state index is -0.0568. The molecule has 3 aliphatic rings. The van der Waals surface area contributed by atoms with Crippen LogP contribution in [-0.4, -0.2) is 45.9 Å². The van der Waals surface area contributed by atoms with Crippen molar-refractivity contribution in [3.63, 3.8) is 0 Å². The van der Waals surface area contributed by atoms with Gasteiger partial charge in [-0.15, -0.1) is 0 Å². The van der Waals surface area contributed by atoms with Gasteiger partial charge >= 0.3 is 0 Å². The van der Waals surface area contributed by atoms with E-state index in [1.54, 1.807) is 25.2 Å². The maximum Gasteiger partial charge on any atom is 0.224 e. The molecule has 4 rings (SSSR count). The minimum Gasteiger partial charge on any atom is -0.496 e. The number of ether oxygens (including phenoxy) is 1. The fraction of sp³-hybridized carbons (Fsp3) is 0.350. The number of aromatic nitrogens is 4. The summed E-state index contributed by atoms with van der Waals surface area (Å²) in [6, 6.07) is 1.94. The molecule has 1 amide bonds. The highest BCUT2D eigenvalue weighted by molar-refractivity contribution is 7.97. The van der Waals surface area contributed by atoms with E-state index < -0.39 is 0 Å². The number of nitrogens with zero attached hydrogens (tertiary/aromatic N) is 5. The number of rotatable bonds is 5. The summed E-state index contributed by atoms with van der Waals surface area (Å²) in [4.78, 5) is 18.1. The van der Waals surface area contributed by atoms with Crippen molar-refractivity contribution in [1.82, 2.24) is 25.3 Å². The van der Waals surface area contributed by atoms with E-state index in [-0.39, 0.29) is 12.3 Å². The number of carbonyl (C=O) groups excluding carboxylic acids is 1. The van der Waals surface area contributed by atoms with Crippen LogP contribution in [0.3, 0.4) is 0 Å². The largest absolute Gasteiger partial charge is 0.496 e. The molecule has 0 spiro atoms. The predicted octanol–water partition coefficient (Wildman–Crippen LogP) is 1.61. The van der Waals surface area contributed by atoms with Gasteiger partial charge < -0.3 is 15.8 Å². The Morgan fingerprint density at radius 3 is 2.90 bits per heavy atom. The first-order valence-electron chi connectivity index (χ1n) is 9.48. The van der Waals surface area contributed by atoms with Crippen LogP contribution in [0.4, 0.5) is 0 Å². The van der Waals surface area contributed by atoms with Gasteiger partial charge in [0.05, 0.1) is 24.9 Å². The van der Waals surface area contributed by atoms with Gasteiger partial charge in [0.25, 0.3) is 0 Å². The molecule has 0 atom stereocenters. The molecular formula is C20H23N7O2S.